The molecule has 0 aromatic heterocycles. The summed E-state index contributed by atoms with van der Waals surface area (Å²) in [6, 6.07) is 6.56. The van der Waals surface area contributed by atoms with E-state index in [-0.39, 0.29) is 5.91 Å². The van der Waals surface area contributed by atoms with Crippen LogP contribution in [0.1, 0.15) is 22.8 Å². The molecule has 1 aromatic carbocycles. The van der Waals surface area contributed by atoms with Crippen molar-refractivity contribution in [2.45, 2.75) is 13.5 Å². The lowest BCUT2D eigenvalue weighted by Gasteiger charge is -2.03. The molecule has 0 unspecified atom stereocenters. The fraction of sp³-hybridized carbons (Fsp3) is 0.200. The Hall–Kier alpha value is -1.88. The second-order valence-electron chi connectivity index (χ2n) is 3.05. The Morgan fingerprint density at radius 2 is 1.87 bits per heavy atom. The smallest absolute Gasteiger partial charge is 0.274 e. The summed E-state index contributed by atoms with van der Waals surface area (Å²) in [7, 11) is 0. The molecule has 15 heavy (non-hydrogen) atoms. The second kappa shape index (κ2) is 5.11. The van der Waals surface area contributed by atoms with Crippen LogP contribution >= 0.6 is 0 Å². The summed E-state index contributed by atoms with van der Waals surface area (Å²) < 4.78 is 0. The molecule has 0 aliphatic rings. The highest BCUT2D eigenvalue weighted by Gasteiger charge is 2.02. The van der Waals surface area contributed by atoms with Crippen LogP contribution in [-0.2, 0) is 11.3 Å². The predicted octanol–water partition coefficient (Wildman–Crippen LogP) is 0.442. The number of amides is 2. The summed E-state index contributed by atoms with van der Waals surface area (Å²) in [6.07, 6.45) is 0. The Kier molecular flexibility index (Phi) is 3.82. The van der Waals surface area contributed by atoms with Crippen molar-refractivity contribution in [3.63, 3.8) is 0 Å². The fourth-order valence-corrected chi connectivity index (χ4v) is 1.07. The van der Waals surface area contributed by atoms with Gasteiger partial charge in [0.15, 0.2) is 0 Å². The number of benzene rings is 1. The molecule has 5 nitrogen and oxygen atoms in total. The maximum Gasteiger partial charge on any atom is 0.274 e. The van der Waals surface area contributed by atoms with E-state index in [9.17, 15) is 9.59 Å². The molecule has 0 heterocycles. The zero-order chi connectivity index (χ0) is 11.3. The van der Waals surface area contributed by atoms with E-state index >= 15 is 0 Å². The third-order valence-corrected chi connectivity index (χ3v) is 1.86. The number of hydrogen-bond donors (Lipinski definition) is 3. The molecule has 0 aliphatic carbocycles. The van der Waals surface area contributed by atoms with Crippen molar-refractivity contribution >= 4 is 11.8 Å². The SMILES string of the molecule is CC(=O)NCc1ccc(C(=O)NO)cc1. The minimum atomic E-state index is -0.555. The monoisotopic (exact) mass is 208 g/mol. The lowest BCUT2D eigenvalue weighted by Crippen LogP contribution is -2.20. The van der Waals surface area contributed by atoms with Gasteiger partial charge >= 0.3 is 0 Å². The molecule has 5 heteroatoms. The number of carbonyl (C=O) groups is 2. The van der Waals surface area contributed by atoms with Crippen LogP contribution in [0.3, 0.4) is 0 Å². The standard InChI is InChI=1S/C10H12N2O3/c1-7(13)11-6-8-2-4-9(5-3-8)10(14)12-15/h2-5,15H,6H2,1H3,(H,11,13)(H,12,14). The molecule has 0 atom stereocenters. The number of carbonyl (C=O) groups excluding carboxylic acids is 2. The molecule has 0 spiro atoms. The Bertz CT molecular complexity index is 359. The van der Waals surface area contributed by atoms with E-state index in [1.165, 1.54) is 6.92 Å². The third-order valence-electron chi connectivity index (χ3n) is 1.86. The quantitative estimate of drug-likeness (QED) is 0.498. The molecule has 0 radical (unpaired) electrons. The number of rotatable bonds is 3. The average molecular weight is 208 g/mol. The van der Waals surface area contributed by atoms with Crippen LogP contribution in [0.2, 0.25) is 0 Å². The van der Waals surface area contributed by atoms with E-state index in [4.69, 9.17) is 5.21 Å². The molecule has 2 amide bonds. The first-order chi connectivity index (χ1) is 7.13. The minimum Gasteiger partial charge on any atom is -0.352 e. The molecule has 3 N–H and O–H groups in total. The normalized spacial score (nSPS) is 9.47. The summed E-state index contributed by atoms with van der Waals surface area (Å²) in [5, 5.41) is 11.0. The summed E-state index contributed by atoms with van der Waals surface area (Å²) in [5.41, 5.74) is 2.80. The van der Waals surface area contributed by atoms with Gasteiger partial charge in [-0.15, -0.1) is 0 Å². The maximum absolute atomic E-state index is 11.0. The van der Waals surface area contributed by atoms with E-state index in [1.807, 2.05) is 0 Å². The van der Waals surface area contributed by atoms with Crippen LogP contribution in [0.15, 0.2) is 24.3 Å². The van der Waals surface area contributed by atoms with Crippen molar-refractivity contribution in [1.82, 2.24) is 10.8 Å². The van der Waals surface area contributed by atoms with Crippen molar-refractivity contribution < 1.29 is 14.8 Å². The Balaban J connectivity index is 2.64. The minimum absolute atomic E-state index is 0.104. The Morgan fingerprint density at radius 3 is 2.33 bits per heavy atom. The topological polar surface area (TPSA) is 78.4 Å². The van der Waals surface area contributed by atoms with Gasteiger partial charge in [-0.05, 0) is 17.7 Å². The highest BCUT2D eigenvalue weighted by Crippen LogP contribution is 2.03. The van der Waals surface area contributed by atoms with E-state index < -0.39 is 5.91 Å². The van der Waals surface area contributed by atoms with Gasteiger partial charge in [0, 0.05) is 19.0 Å². The molecule has 1 rings (SSSR count). The second-order valence-corrected chi connectivity index (χ2v) is 3.05. The lowest BCUT2D eigenvalue weighted by molar-refractivity contribution is -0.119. The molecule has 0 bridgehead atoms. The highest BCUT2D eigenvalue weighted by atomic mass is 16.5. The van der Waals surface area contributed by atoms with Gasteiger partial charge in [-0.1, -0.05) is 12.1 Å². The first-order valence-corrected chi connectivity index (χ1v) is 4.41. The van der Waals surface area contributed by atoms with E-state index in [0.717, 1.165) is 5.56 Å². The molecule has 80 valence electrons. The average Bonchev–Trinajstić information content (AvgIpc) is 2.26. The predicted molar refractivity (Wildman–Crippen MR) is 53.2 cm³/mol. The van der Waals surface area contributed by atoms with Crippen LogP contribution in [-0.4, -0.2) is 17.0 Å². The zero-order valence-electron chi connectivity index (χ0n) is 8.28. The Morgan fingerprint density at radius 1 is 1.27 bits per heavy atom. The fourth-order valence-electron chi connectivity index (χ4n) is 1.07. The largest absolute Gasteiger partial charge is 0.352 e. The van der Waals surface area contributed by atoms with Crippen LogP contribution in [0, 0.1) is 0 Å². The van der Waals surface area contributed by atoms with Gasteiger partial charge in [-0.3, -0.25) is 14.8 Å². The van der Waals surface area contributed by atoms with Crippen molar-refractivity contribution in [2.75, 3.05) is 0 Å². The first-order valence-electron chi connectivity index (χ1n) is 4.41. The van der Waals surface area contributed by atoms with Crippen molar-refractivity contribution in [3.05, 3.63) is 35.4 Å². The Labute approximate surface area is 87.1 Å². The van der Waals surface area contributed by atoms with E-state index in [0.29, 0.717) is 12.1 Å². The van der Waals surface area contributed by atoms with E-state index in [2.05, 4.69) is 5.32 Å². The summed E-state index contributed by atoms with van der Waals surface area (Å²) in [6.45, 7) is 1.87. The number of hydrogen-bond acceptors (Lipinski definition) is 3. The maximum atomic E-state index is 11.0. The van der Waals surface area contributed by atoms with Gasteiger partial charge in [0.1, 0.15) is 0 Å². The van der Waals surface area contributed by atoms with Gasteiger partial charge in [0.2, 0.25) is 5.91 Å². The van der Waals surface area contributed by atoms with Gasteiger partial charge in [-0.25, -0.2) is 5.48 Å². The van der Waals surface area contributed by atoms with Crippen molar-refractivity contribution in [3.8, 4) is 0 Å². The number of hydroxylamine groups is 1. The summed E-state index contributed by atoms with van der Waals surface area (Å²) >= 11 is 0. The molecular weight excluding hydrogens is 196 g/mol. The van der Waals surface area contributed by atoms with Crippen molar-refractivity contribution in [2.24, 2.45) is 0 Å². The molecular formula is C10H12N2O3. The van der Waals surface area contributed by atoms with Gasteiger partial charge in [-0.2, -0.15) is 0 Å². The molecule has 1 aromatic rings. The summed E-state index contributed by atoms with van der Waals surface area (Å²) in [4.78, 5) is 21.6. The third kappa shape index (κ3) is 3.40. The molecule has 0 saturated heterocycles. The van der Waals surface area contributed by atoms with Crippen LogP contribution < -0.4 is 10.8 Å². The van der Waals surface area contributed by atoms with Crippen LogP contribution in [0.5, 0.6) is 0 Å². The van der Waals surface area contributed by atoms with Crippen LogP contribution in [0.4, 0.5) is 0 Å². The number of nitrogens with one attached hydrogen (secondary N) is 2. The zero-order valence-corrected chi connectivity index (χ0v) is 8.28. The first kappa shape index (κ1) is 11.2. The summed E-state index contributed by atoms with van der Waals surface area (Å²) in [5.74, 6) is -0.659. The van der Waals surface area contributed by atoms with E-state index in [1.54, 1.807) is 29.7 Å². The van der Waals surface area contributed by atoms with Gasteiger partial charge in [0.25, 0.3) is 5.91 Å². The van der Waals surface area contributed by atoms with Crippen LogP contribution in [0.25, 0.3) is 0 Å². The molecule has 0 aliphatic heterocycles. The highest BCUT2D eigenvalue weighted by molar-refractivity contribution is 5.93. The van der Waals surface area contributed by atoms with Gasteiger partial charge in [0.05, 0.1) is 0 Å². The molecule has 0 fully saturated rings. The lowest BCUT2D eigenvalue weighted by atomic mass is 10.1. The molecule has 0 saturated carbocycles. The van der Waals surface area contributed by atoms with Crippen molar-refractivity contribution in [1.29, 1.82) is 0 Å². The van der Waals surface area contributed by atoms with Gasteiger partial charge < -0.3 is 5.32 Å².